The Labute approximate surface area is 317 Å². The van der Waals surface area contributed by atoms with Gasteiger partial charge in [0, 0.05) is 13.0 Å². The number of hydrogen-bond donors (Lipinski definition) is 7. The molecule has 0 saturated carbocycles. The van der Waals surface area contributed by atoms with Crippen molar-refractivity contribution in [3.63, 3.8) is 0 Å². The third-order valence-corrected chi connectivity index (χ3v) is 10.1. The van der Waals surface area contributed by atoms with Gasteiger partial charge in [-0.25, -0.2) is 0 Å². The van der Waals surface area contributed by atoms with Gasteiger partial charge in [0.15, 0.2) is 12.6 Å². The summed E-state index contributed by atoms with van der Waals surface area (Å²) < 4.78 is 33.9. The first-order valence-electron chi connectivity index (χ1n) is 20.6. The summed E-state index contributed by atoms with van der Waals surface area (Å²) in [5, 5.41) is 71.5. The van der Waals surface area contributed by atoms with Gasteiger partial charge in [-0.2, -0.15) is 0 Å². The Morgan fingerprint density at radius 1 is 0.547 bits per heavy atom. The summed E-state index contributed by atoms with van der Waals surface area (Å²) in [6.45, 7) is 3.61. The van der Waals surface area contributed by atoms with E-state index in [1.165, 1.54) is 70.6 Å². The number of carbonyl (C=O) groups is 1. The van der Waals surface area contributed by atoms with Crippen LogP contribution in [0.4, 0.5) is 0 Å². The zero-order valence-electron chi connectivity index (χ0n) is 32.5. The van der Waals surface area contributed by atoms with Crippen LogP contribution in [-0.4, -0.2) is 142 Å². The van der Waals surface area contributed by atoms with Crippen molar-refractivity contribution in [2.24, 2.45) is 0 Å². The van der Waals surface area contributed by atoms with E-state index < -0.39 is 80.7 Å². The lowest BCUT2D eigenvalue weighted by Gasteiger charge is -2.42. The van der Waals surface area contributed by atoms with Gasteiger partial charge < -0.3 is 64.2 Å². The molecule has 11 atom stereocenters. The van der Waals surface area contributed by atoms with Gasteiger partial charge in [0.2, 0.25) is 0 Å². The molecule has 0 aromatic carbocycles. The molecule has 14 heteroatoms. The number of carbonyl (C=O) groups excluding carboxylic acids is 1. The number of aliphatic hydroxyl groups excluding tert-OH is 7. The third-order valence-electron chi connectivity index (χ3n) is 10.1. The fraction of sp³-hybridized carbons (Fsp3) is 0.974. The molecule has 0 amide bonds. The van der Waals surface area contributed by atoms with Crippen LogP contribution >= 0.6 is 0 Å². The number of esters is 1. The van der Waals surface area contributed by atoms with E-state index in [4.69, 9.17) is 28.4 Å². The molecule has 2 aliphatic rings. The second-order valence-corrected chi connectivity index (χ2v) is 14.8. The normalized spacial score (nSPS) is 29.7. The van der Waals surface area contributed by atoms with Gasteiger partial charge in [0.1, 0.15) is 54.9 Å². The Hall–Kier alpha value is -1.01. The lowest BCUT2D eigenvalue weighted by atomic mass is 9.98. The van der Waals surface area contributed by atoms with E-state index in [9.17, 15) is 40.5 Å². The maximum Gasteiger partial charge on any atom is 0.306 e. The molecule has 0 aromatic rings. The van der Waals surface area contributed by atoms with E-state index in [1.54, 1.807) is 0 Å². The predicted molar refractivity (Wildman–Crippen MR) is 197 cm³/mol. The van der Waals surface area contributed by atoms with Gasteiger partial charge in [-0.15, -0.1) is 0 Å². The van der Waals surface area contributed by atoms with Crippen LogP contribution in [-0.2, 0) is 33.2 Å². The Morgan fingerprint density at radius 2 is 1.00 bits per heavy atom. The van der Waals surface area contributed by atoms with E-state index in [2.05, 4.69) is 13.8 Å². The zero-order chi connectivity index (χ0) is 38.8. The zero-order valence-corrected chi connectivity index (χ0v) is 32.5. The van der Waals surface area contributed by atoms with Crippen molar-refractivity contribution >= 4 is 5.97 Å². The summed E-state index contributed by atoms with van der Waals surface area (Å²) in [4.78, 5) is 12.7. The van der Waals surface area contributed by atoms with Crippen LogP contribution in [0.25, 0.3) is 0 Å². The third kappa shape index (κ3) is 19.1. The average Bonchev–Trinajstić information content (AvgIpc) is 3.15. The van der Waals surface area contributed by atoms with Gasteiger partial charge in [-0.3, -0.25) is 4.79 Å². The second-order valence-electron chi connectivity index (χ2n) is 14.8. The highest BCUT2D eigenvalue weighted by Gasteiger charge is 2.47. The minimum absolute atomic E-state index is 0.0676. The average molecular weight is 767 g/mol. The molecule has 2 saturated heterocycles. The smallest absolute Gasteiger partial charge is 0.306 e. The summed E-state index contributed by atoms with van der Waals surface area (Å²) in [5.74, 6) is -0.384. The van der Waals surface area contributed by atoms with Gasteiger partial charge in [0.05, 0.1) is 26.4 Å². The van der Waals surface area contributed by atoms with E-state index in [-0.39, 0.29) is 25.6 Å². The largest absolute Gasteiger partial charge is 0.457 e. The number of unbranched alkanes of at least 4 members (excludes halogenated alkanes) is 17. The van der Waals surface area contributed by atoms with Crippen molar-refractivity contribution in [2.75, 3.05) is 33.0 Å². The van der Waals surface area contributed by atoms with Crippen LogP contribution in [0.1, 0.15) is 142 Å². The molecule has 0 spiro atoms. The van der Waals surface area contributed by atoms with E-state index in [0.717, 1.165) is 44.9 Å². The molecular weight excluding hydrogens is 692 g/mol. The molecule has 53 heavy (non-hydrogen) atoms. The van der Waals surface area contributed by atoms with Crippen molar-refractivity contribution in [2.45, 2.75) is 210 Å². The van der Waals surface area contributed by atoms with Crippen LogP contribution in [0.5, 0.6) is 0 Å². The van der Waals surface area contributed by atoms with Crippen molar-refractivity contribution in [3.05, 3.63) is 0 Å². The summed E-state index contributed by atoms with van der Waals surface area (Å²) in [7, 11) is 0. The molecule has 0 radical (unpaired) electrons. The summed E-state index contributed by atoms with van der Waals surface area (Å²) in [6.07, 6.45) is 6.44. The molecular formula is C39H74O14. The molecule has 14 nitrogen and oxygen atoms in total. The standard InChI is InChI=1S/C39H74O14/c1-3-5-7-9-11-12-13-14-15-16-17-19-21-23-48-25-28(51-31(41)22-20-18-10-8-6-4-2)26-49-38-37(47)35(45)33(43)30(53-38)27-50-39-36(46)34(44)32(42)29(24-40)52-39/h28-30,32-40,42-47H,3-27H2,1-2H3. The van der Waals surface area contributed by atoms with E-state index in [0.29, 0.717) is 13.0 Å². The van der Waals surface area contributed by atoms with Crippen molar-refractivity contribution < 1.29 is 69.0 Å². The quantitative estimate of drug-likeness (QED) is 0.0398. The molecule has 2 aliphatic heterocycles. The highest BCUT2D eigenvalue weighted by molar-refractivity contribution is 5.69. The highest BCUT2D eigenvalue weighted by Crippen LogP contribution is 2.26. The van der Waals surface area contributed by atoms with Crippen LogP contribution in [0.2, 0.25) is 0 Å². The number of aliphatic hydroxyl groups is 7. The van der Waals surface area contributed by atoms with Gasteiger partial charge in [-0.05, 0) is 12.8 Å². The molecule has 0 aliphatic carbocycles. The fourth-order valence-corrected chi connectivity index (χ4v) is 6.64. The lowest BCUT2D eigenvalue weighted by molar-refractivity contribution is -0.332. The molecule has 2 rings (SSSR count). The SMILES string of the molecule is CCCCCCCCCCCCCCCOCC(COC1OC(COC2OC(CO)C(O)C(O)C2O)C(O)C(O)C1O)OC(=O)CCCCCCCC. The van der Waals surface area contributed by atoms with Crippen molar-refractivity contribution in [1.29, 1.82) is 0 Å². The number of hydrogen-bond acceptors (Lipinski definition) is 14. The highest BCUT2D eigenvalue weighted by atomic mass is 16.7. The summed E-state index contributed by atoms with van der Waals surface area (Å²) in [6, 6.07) is 0. The molecule has 0 aromatic heterocycles. The molecule has 0 bridgehead atoms. The maximum absolute atomic E-state index is 12.7. The Morgan fingerprint density at radius 3 is 1.53 bits per heavy atom. The van der Waals surface area contributed by atoms with Gasteiger partial charge >= 0.3 is 5.97 Å². The Balaban J connectivity index is 1.82. The Kier molecular flexibility index (Phi) is 26.6. The van der Waals surface area contributed by atoms with Crippen molar-refractivity contribution in [3.8, 4) is 0 Å². The minimum Gasteiger partial charge on any atom is -0.457 e. The molecule has 11 unspecified atom stereocenters. The predicted octanol–water partition coefficient (Wildman–Crippen LogP) is 3.40. The first kappa shape index (κ1) is 48.1. The van der Waals surface area contributed by atoms with E-state index in [1.807, 2.05) is 0 Å². The van der Waals surface area contributed by atoms with E-state index >= 15 is 0 Å². The topological polar surface area (TPSA) is 214 Å². The summed E-state index contributed by atoms with van der Waals surface area (Å²) in [5.41, 5.74) is 0. The van der Waals surface area contributed by atoms with Crippen LogP contribution in [0.15, 0.2) is 0 Å². The molecule has 2 fully saturated rings. The first-order chi connectivity index (χ1) is 25.6. The molecule has 314 valence electrons. The van der Waals surface area contributed by atoms with Crippen LogP contribution in [0, 0.1) is 0 Å². The molecule has 7 N–H and O–H groups in total. The minimum atomic E-state index is -1.70. The van der Waals surface area contributed by atoms with Gasteiger partial charge in [0.25, 0.3) is 0 Å². The Bertz CT molecular complexity index is 896. The van der Waals surface area contributed by atoms with Gasteiger partial charge in [-0.1, -0.05) is 123 Å². The molecule has 2 heterocycles. The first-order valence-corrected chi connectivity index (χ1v) is 20.6. The van der Waals surface area contributed by atoms with Crippen LogP contribution in [0.3, 0.4) is 0 Å². The number of ether oxygens (including phenoxy) is 6. The maximum atomic E-state index is 12.7. The van der Waals surface area contributed by atoms with Crippen molar-refractivity contribution in [1.82, 2.24) is 0 Å². The monoisotopic (exact) mass is 767 g/mol. The second kappa shape index (κ2) is 29.3. The fourth-order valence-electron chi connectivity index (χ4n) is 6.64. The number of rotatable bonds is 31. The summed E-state index contributed by atoms with van der Waals surface area (Å²) >= 11 is 0. The van der Waals surface area contributed by atoms with Crippen LogP contribution < -0.4 is 0 Å². The lowest BCUT2D eigenvalue weighted by Crippen LogP contribution is -2.61.